The van der Waals surface area contributed by atoms with Crippen LogP contribution < -0.4 is 5.56 Å². The standard InChI is InChI=1S/C22H28N4OS/c1-5-12-25-18-16-11-9-8-10-15(16)14-22(4,7-3)17(18)19(27)26-20(25)23-24-21(26)28-13-6-2/h8-11H,5-7,12-14H2,1-4H3/t22-/m1/s1. The summed E-state index contributed by atoms with van der Waals surface area (Å²) in [5.74, 6) is 1.60. The number of nitrogens with zero attached hydrogens (tertiary/aromatic N) is 4. The molecule has 0 saturated heterocycles. The van der Waals surface area contributed by atoms with Gasteiger partial charge in [-0.15, -0.1) is 10.2 Å². The molecule has 0 spiro atoms. The number of benzene rings is 1. The van der Waals surface area contributed by atoms with Crippen LogP contribution >= 0.6 is 11.8 Å². The molecule has 0 N–H and O–H groups in total. The van der Waals surface area contributed by atoms with E-state index in [1.165, 1.54) is 11.1 Å². The van der Waals surface area contributed by atoms with Crippen molar-refractivity contribution in [3.05, 3.63) is 45.7 Å². The van der Waals surface area contributed by atoms with Gasteiger partial charge in [0.05, 0.1) is 5.69 Å². The van der Waals surface area contributed by atoms with E-state index >= 15 is 0 Å². The van der Waals surface area contributed by atoms with Crippen LogP contribution in [0.25, 0.3) is 17.0 Å². The quantitative estimate of drug-likeness (QED) is 0.567. The van der Waals surface area contributed by atoms with Crippen LogP contribution in [0.15, 0.2) is 34.2 Å². The maximum atomic E-state index is 13.8. The third-order valence-electron chi connectivity index (χ3n) is 5.90. The SMILES string of the molecule is CCCSc1nnc2n(CCC)c3c(c(=O)n12)[C@](C)(CC)Cc1ccccc1-3. The zero-order chi connectivity index (χ0) is 19.9. The van der Waals surface area contributed by atoms with Crippen LogP contribution in [-0.4, -0.2) is 24.9 Å². The number of fused-ring (bicyclic) bond motifs is 4. The van der Waals surface area contributed by atoms with E-state index in [-0.39, 0.29) is 11.0 Å². The van der Waals surface area contributed by atoms with E-state index in [1.807, 2.05) is 0 Å². The second-order valence-electron chi connectivity index (χ2n) is 7.89. The van der Waals surface area contributed by atoms with Crippen LogP contribution in [0.5, 0.6) is 0 Å². The Morgan fingerprint density at radius 3 is 2.64 bits per heavy atom. The van der Waals surface area contributed by atoms with Crippen molar-refractivity contribution in [3.8, 4) is 11.3 Å². The zero-order valence-corrected chi connectivity index (χ0v) is 18.0. The minimum atomic E-state index is -0.193. The van der Waals surface area contributed by atoms with Gasteiger partial charge in [-0.05, 0) is 31.2 Å². The van der Waals surface area contributed by atoms with Gasteiger partial charge < -0.3 is 4.57 Å². The van der Waals surface area contributed by atoms with Gasteiger partial charge in [0.15, 0.2) is 5.16 Å². The van der Waals surface area contributed by atoms with Crippen molar-refractivity contribution in [1.29, 1.82) is 0 Å². The van der Waals surface area contributed by atoms with Gasteiger partial charge in [0.2, 0.25) is 5.78 Å². The molecule has 0 radical (unpaired) electrons. The third-order valence-corrected chi connectivity index (χ3v) is 7.04. The second kappa shape index (κ2) is 7.39. The second-order valence-corrected chi connectivity index (χ2v) is 8.96. The Morgan fingerprint density at radius 1 is 1.14 bits per heavy atom. The zero-order valence-electron chi connectivity index (χ0n) is 17.2. The number of hydrogen-bond acceptors (Lipinski definition) is 4. The van der Waals surface area contributed by atoms with Crippen molar-refractivity contribution in [2.75, 3.05) is 5.75 Å². The smallest absolute Gasteiger partial charge is 0.265 e. The predicted octanol–water partition coefficient (Wildman–Crippen LogP) is 4.69. The molecular formula is C22H28N4OS. The first-order chi connectivity index (χ1) is 13.6. The molecule has 0 saturated carbocycles. The van der Waals surface area contributed by atoms with Gasteiger partial charge in [0.1, 0.15) is 0 Å². The van der Waals surface area contributed by atoms with Crippen LogP contribution in [0.3, 0.4) is 0 Å². The van der Waals surface area contributed by atoms with E-state index < -0.39 is 0 Å². The summed E-state index contributed by atoms with van der Waals surface area (Å²) in [6, 6.07) is 8.50. The molecule has 0 fully saturated rings. The number of aryl methyl sites for hydroxylation is 1. The van der Waals surface area contributed by atoms with Crippen LogP contribution in [0.1, 0.15) is 58.1 Å². The molecule has 1 aliphatic rings. The predicted molar refractivity (Wildman–Crippen MR) is 115 cm³/mol. The van der Waals surface area contributed by atoms with Gasteiger partial charge in [-0.1, -0.05) is 63.7 Å². The van der Waals surface area contributed by atoms with Crippen LogP contribution in [0.4, 0.5) is 0 Å². The summed E-state index contributed by atoms with van der Waals surface area (Å²) in [6.45, 7) is 9.53. The number of thioether (sulfide) groups is 1. The monoisotopic (exact) mass is 396 g/mol. The fraction of sp³-hybridized carbons (Fsp3) is 0.500. The first kappa shape index (κ1) is 19.2. The average molecular weight is 397 g/mol. The first-order valence-electron chi connectivity index (χ1n) is 10.3. The summed E-state index contributed by atoms with van der Waals surface area (Å²) >= 11 is 1.62. The lowest BCUT2D eigenvalue weighted by Crippen LogP contribution is -2.39. The van der Waals surface area contributed by atoms with Crippen molar-refractivity contribution in [3.63, 3.8) is 0 Å². The number of rotatable bonds is 6. The van der Waals surface area contributed by atoms with Crippen molar-refractivity contribution < 1.29 is 0 Å². The fourth-order valence-electron chi connectivity index (χ4n) is 4.33. The molecule has 1 aliphatic carbocycles. The normalized spacial score (nSPS) is 18.3. The van der Waals surface area contributed by atoms with Crippen LogP contribution in [-0.2, 0) is 18.4 Å². The van der Waals surface area contributed by atoms with Gasteiger partial charge in [0, 0.05) is 28.8 Å². The summed E-state index contributed by atoms with van der Waals surface area (Å²) in [5, 5.41) is 9.57. The topological polar surface area (TPSA) is 52.2 Å². The number of hydrogen-bond donors (Lipinski definition) is 0. The molecule has 0 unspecified atom stereocenters. The van der Waals surface area contributed by atoms with Crippen LogP contribution in [0.2, 0.25) is 0 Å². The largest absolute Gasteiger partial charge is 0.309 e. The van der Waals surface area contributed by atoms with Crippen molar-refractivity contribution in [2.24, 2.45) is 0 Å². The molecule has 28 heavy (non-hydrogen) atoms. The van der Waals surface area contributed by atoms with Crippen LogP contribution in [0, 0.1) is 0 Å². The first-order valence-corrected chi connectivity index (χ1v) is 11.3. The molecular weight excluding hydrogens is 368 g/mol. The Kier molecular flexibility index (Phi) is 5.08. The number of aromatic nitrogens is 4. The Hall–Kier alpha value is -2.08. The Morgan fingerprint density at radius 2 is 1.93 bits per heavy atom. The van der Waals surface area contributed by atoms with E-state index in [9.17, 15) is 4.79 Å². The van der Waals surface area contributed by atoms with Gasteiger partial charge in [-0.3, -0.25) is 4.79 Å². The highest BCUT2D eigenvalue weighted by molar-refractivity contribution is 7.99. The molecule has 4 rings (SSSR count). The van der Waals surface area contributed by atoms with Gasteiger partial charge >= 0.3 is 0 Å². The van der Waals surface area contributed by atoms with E-state index in [0.29, 0.717) is 10.9 Å². The lowest BCUT2D eigenvalue weighted by atomic mass is 9.69. The minimum Gasteiger partial charge on any atom is -0.309 e. The van der Waals surface area contributed by atoms with E-state index in [0.717, 1.165) is 49.2 Å². The minimum absolute atomic E-state index is 0.0554. The Labute approximate surface area is 170 Å². The fourth-order valence-corrected chi connectivity index (χ4v) is 5.10. The third kappa shape index (κ3) is 2.81. The molecule has 0 bridgehead atoms. The van der Waals surface area contributed by atoms with Gasteiger partial charge in [0.25, 0.3) is 5.56 Å². The molecule has 2 aromatic heterocycles. The molecule has 148 valence electrons. The molecule has 2 heterocycles. The van der Waals surface area contributed by atoms with Gasteiger partial charge in [-0.25, -0.2) is 4.40 Å². The molecule has 1 aromatic carbocycles. The van der Waals surface area contributed by atoms with E-state index in [4.69, 9.17) is 0 Å². The summed E-state index contributed by atoms with van der Waals surface area (Å²) in [7, 11) is 0. The maximum absolute atomic E-state index is 13.8. The maximum Gasteiger partial charge on any atom is 0.265 e. The summed E-state index contributed by atoms with van der Waals surface area (Å²) < 4.78 is 3.99. The van der Waals surface area contributed by atoms with Crippen molar-refractivity contribution in [2.45, 2.75) is 70.5 Å². The molecule has 1 atom stereocenters. The summed E-state index contributed by atoms with van der Waals surface area (Å²) in [4.78, 5) is 13.8. The highest BCUT2D eigenvalue weighted by Gasteiger charge is 2.39. The highest BCUT2D eigenvalue weighted by Crippen LogP contribution is 2.43. The Balaban J connectivity index is 2.14. The summed E-state index contributed by atoms with van der Waals surface area (Å²) in [6.07, 6.45) is 3.81. The molecule has 0 amide bonds. The lowest BCUT2D eigenvalue weighted by Gasteiger charge is -2.37. The molecule has 5 nitrogen and oxygen atoms in total. The average Bonchev–Trinajstić information content (AvgIpc) is 3.13. The summed E-state index contributed by atoms with van der Waals surface area (Å²) in [5.41, 5.74) is 4.31. The highest BCUT2D eigenvalue weighted by atomic mass is 32.2. The van der Waals surface area contributed by atoms with Crippen molar-refractivity contribution >= 4 is 17.5 Å². The molecule has 6 heteroatoms. The van der Waals surface area contributed by atoms with E-state index in [1.54, 1.807) is 16.2 Å². The van der Waals surface area contributed by atoms with E-state index in [2.05, 4.69) is 66.7 Å². The lowest BCUT2D eigenvalue weighted by molar-refractivity contribution is 0.434. The molecule has 3 aromatic rings. The van der Waals surface area contributed by atoms with Gasteiger partial charge in [-0.2, -0.15) is 0 Å². The molecule has 0 aliphatic heterocycles. The van der Waals surface area contributed by atoms with Crippen molar-refractivity contribution in [1.82, 2.24) is 19.2 Å². The Bertz CT molecular complexity index is 1080.